The molecule has 2 heterocycles. The van der Waals surface area contributed by atoms with Gasteiger partial charge in [0.1, 0.15) is 0 Å². The van der Waals surface area contributed by atoms with Gasteiger partial charge >= 0.3 is 0 Å². The zero-order valence-electron chi connectivity index (χ0n) is 10.3. The Hall–Kier alpha value is -1.94. The van der Waals surface area contributed by atoms with Crippen LogP contribution in [0.25, 0.3) is 0 Å². The number of aromatic nitrogens is 2. The Morgan fingerprint density at radius 1 is 1.44 bits per heavy atom. The fraction of sp³-hybridized carbons (Fsp3) is 0.286. The smallest absolute Gasteiger partial charge is 0.196 e. The Balaban J connectivity index is 2.04. The van der Waals surface area contributed by atoms with Crippen molar-refractivity contribution in [3.05, 3.63) is 52.8 Å². The Morgan fingerprint density at radius 2 is 2.33 bits per heavy atom. The van der Waals surface area contributed by atoms with E-state index in [1.54, 1.807) is 17.1 Å². The maximum Gasteiger partial charge on any atom is 0.196 e. The quantitative estimate of drug-likeness (QED) is 0.806. The second kappa shape index (κ2) is 4.38. The Bertz CT molecular complexity index is 601. The molecule has 0 saturated carbocycles. The predicted octanol–water partition coefficient (Wildman–Crippen LogP) is 1.30. The Labute approximate surface area is 106 Å². The van der Waals surface area contributed by atoms with Gasteiger partial charge in [0.2, 0.25) is 0 Å². The molecule has 4 heteroatoms. The van der Waals surface area contributed by atoms with Gasteiger partial charge in [-0.1, -0.05) is 18.2 Å². The minimum Gasteiger partial charge on any atom is -0.312 e. The first-order valence-corrected chi connectivity index (χ1v) is 6.10. The van der Waals surface area contributed by atoms with Gasteiger partial charge in [-0.2, -0.15) is 5.10 Å². The summed E-state index contributed by atoms with van der Waals surface area (Å²) in [6.07, 6.45) is 4.31. The summed E-state index contributed by atoms with van der Waals surface area (Å²) in [4.78, 5) is 12.5. The number of carbonyl (C=O) groups is 1. The van der Waals surface area contributed by atoms with Crippen LogP contribution < -0.4 is 5.32 Å². The average Bonchev–Trinajstić information content (AvgIpc) is 2.84. The average molecular weight is 241 g/mol. The lowest BCUT2D eigenvalue weighted by molar-refractivity contribution is 0.103. The van der Waals surface area contributed by atoms with E-state index in [9.17, 15) is 4.79 Å². The summed E-state index contributed by atoms with van der Waals surface area (Å²) in [5.74, 6) is 0.0712. The third-order valence-corrected chi connectivity index (χ3v) is 3.35. The highest BCUT2D eigenvalue weighted by Gasteiger charge is 2.19. The molecule has 18 heavy (non-hydrogen) atoms. The van der Waals surface area contributed by atoms with Crippen LogP contribution in [0.3, 0.4) is 0 Å². The van der Waals surface area contributed by atoms with Gasteiger partial charge in [0.15, 0.2) is 5.78 Å². The number of hydrogen-bond acceptors (Lipinski definition) is 3. The van der Waals surface area contributed by atoms with Gasteiger partial charge in [0.25, 0.3) is 0 Å². The molecule has 1 N–H and O–H groups in total. The number of nitrogens with zero attached hydrogens (tertiary/aromatic N) is 2. The van der Waals surface area contributed by atoms with Gasteiger partial charge < -0.3 is 5.32 Å². The zero-order valence-corrected chi connectivity index (χ0v) is 10.3. The van der Waals surface area contributed by atoms with Gasteiger partial charge in [-0.3, -0.25) is 9.48 Å². The van der Waals surface area contributed by atoms with Crippen LogP contribution in [0.4, 0.5) is 0 Å². The number of fused-ring (bicyclic) bond motifs is 1. The van der Waals surface area contributed by atoms with Crippen molar-refractivity contribution in [1.29, 1.82) is 0 Å². The molecule has 2 aromatic rings. The van der Waals surface area contributed by atoms with Crippen molar-refractivity contribution in [2.75, 3.05) is 6.54 Å². The summed E-state index contributed by atoms with van der Waals surface area (Å²) < 4.78 is 1.66. The highest BCUT2D eigenvalue weighted by molar-refractivity contribution is 6.09. The minimum absolute atomic E-state index is 0.0712. The molecule has 4 nitrogen and oxygen atoms in total. The maximum atomic E-state index is 12.5. The molecule has 0 aliphatic carbocycles. The van der Waals surface area contributed by atoms with E-state index in [4.69, 9.17) is 0 Å². The number of carbonyl (C=O) groups excluding carboxylic acids is 1. The van der Waals surface area contributed by atoms with Crippen LogP contribution in [0.2, 0.25) is 0 Å². The normalized spacial score (nSPS) is 14.3. The fourth-order valence-corrected chi connectivity index (χ4v) is 2.44. The zero-order chi connectivity index (χ0) is 12.5. The maximum absolute atomic E-state index is 12.5. The molecule has 0 unspecified atom stereocenters. The lowest BCUT2D eigenvalue weighted by Gasteiger charge is -2.19. The van der Waals surface area contributed by atoms with Crippen LogP contribution in [-0.4, -0.2) is 22.1 Å². The highest BCUT2D eigenvalue weighted by atomic mass is 16.1. The standard InChI is InChI=1S/C14H15N3O/c1-17-9-11(8-16-17)14(18)13-4-2-3-10-7-15-6-5-12(10)13/h2-4,8-9,15H,5-7H2,1H3. The summed E-state index contributed by atoms with van der Waals surface area (Å²) in [6.45, 7) is 1.79. The molecule has 3 rings (SSSR count). The van der Waals surface area contributed by atoms with Crippen molar-refractivity contribution < 1.29 is 4.79 Å². The third-order valence-electron chi connectivity index (χ3n) is 3.35. The summed E-state index contributed by atoms with van der Waals surface area (Å²) in [6, 6.07) is 5.95. The number of aryl methyl sites for hydroxylation is 1. The topological polar surface area (TPSA) is 46.9 Å². The van der Waals surface area contributed by atoms with E-state index in [1.807, 2.05) is 19.2 Å². The van der Waals surface area contributed by atoms with E-state index in [0.717, 1.165) is 25.1 Å². The van der Waals surface area contributed by atoms with Gasteiger partial charge in [0.05, 0.1) is 11.8 Å². The van der Waals surface area contributed by atoms with Crippen molar-refractivity contribution in [1.82, 2.24) is 15.1 Å². The number of hydrogen-bond donors (Lipinski definition) is 1. The van der Waals surface area contributed by atoms with E-state index in [1.165, 1.54) is 11.1 Å². The molecule has 0 spiro atoms. The lowest BCUT2D eigenvalue weighted by atomic mass is 9.92. The number of rotatable bonds is 2. The molecule has 0 amide bonds. The minimum atomic E-state index is 0.0712. The van der Waals surface area contributed by atoms with E-state index in [0.29, 0.717) is 5.56 Å². The summed E-state index contributed by atoms with van der Waals surface area (Å²) in [7, 11) is 1.82. The first-order chi connectivity index (χ1) is 8.75. The number of ketones is 1. The summed E-state index contributed by atoms with van der Waals surface area (Å²) in [5.41, 5.74) is 3.90. The first kappa shape index (κ1) is 11.2. The Kier molecular flexibility index (Phi) is 2.72. The molecule has 0 radical (unpaired) electrons. The molecule has 1 aliphatic heterocycles. The van der Waals surface area contributed by atoms with Crippen LogP contribution in [0, 0.1) is 0 Å². The second-order valence-electron chi connectivity index (χ2n) is 4.60. The predicted molar refractivity (Wildman–Crippen MR) is 68.5 cm³/mol. The van der Waals surface area contributed by atoms with Crippen molar-refractivity contribution in [3.63, 3.8) is 0 Å². The van der Waals surface area contributed by atoms with Crippen LogP contribution >= 0.6 is 0 Å². The van der Waals surface area contributed by atoms with Crippen LogP contribution in [0.5, 0.6) is 0 Å². The number of benzene rings is 1. The number of nitrogens with one attached hydrogen (secondary N) is 1. The molecule has 0 fully saturated rings. The van der Waals surface area contributed by atoms with Gasteiger partial charge in [0, 0.05) is 25.4 Å². The summed E-state index contributed by atoms with van der Waals surface area (Å²) >= 11 is 0. The van der Waals surface area contributed by atoms with Crippen LogP contribution in [-0.2, 0) is 20.0 Å². The first-order valence-electron chi connectivity index (χ1n) is 6.10. The molecule has 1 aliphatic rings. The second-order valence-corrected chi connectivity index (χ2v) is 4.60. The van der Waals surface area contributed by atoms with Crippen molar-refractivity contribution >= 4 is 5.78 Å². The van der Waals surface area contributed by atoms with E-state index in [-0.39, 0.29) is 5.78 Å². The molecule has 0 saturated heterocycles. The molecule has 92 valence electrons. The molecule has 1 aromatic carbocycles. The molecular formula is C14H15N3O. The monoisotopic (exact) mass is 241 g/mol. The molecule has 1 aromatic heterocycles. The van der Waals surface area contributed by atoms with Crippen LogP contribution in [0.15, 0.2) is 30.6 Å². The van der Waals surface area contributed by atoms with Gasteiger partial charge in [-0.05, 0) is 24.1 Å². The fourth-order valence-electron chi connectivity index (χ4n) is 2.44. The van der Waals surface area contributed by atoms with Gasteiger partial charge in [-0.15, -0.1) is 0 Å². The van der Waals surface area contributed by atoms with Crippen molar-refractivity contribution in [2.45, 2.75) is 13.0 Å². The summed E-state index contributed by atoms with van der Waals surface area (Å²) in [5, 5.41) is 7.38. The lowest BCUT2D eigenvalue weighted by Crippen LogP contribution is -2.25. The van der Waals surface area contributed by atoms with Crippen LogP contribution in [0.1, 0.15) is 27.0 Å². The molecule has 0 bridgehead atoms. The van der Waals surface area contributed by atoms with Crippen molar-refractivity contribution in [3.8, 4) is 0 Å². The van der Waals surface area contributed by atoms with E-state index in [2.05, 4.69) is 16.5 Å². The SMILES string of the molecule is Cn1cc(C(=O)c2cccc3c2CCNC3)cn1. The van der Waals surface area contributed by atoms with E-state index < -0.39 is 0 Å². The highest BCUT2D eigenvalue weighted by Crippen LogP contribution is 2.21. The third kappa shape index (κ3) is 1.84. The Morgan fingerprint density at radius 3 is 3.11 bits per heavy atom. The van der Waals surface area contributed by atoms with Gasteiger partial charge in [-0.25, -0.2) is 0 Å². The molecule has 0 atom stereocenters. The van der Waals surface area contributed by atoms with Crippen molar-refractivity contribution in [2.24, 2.45) is 7.05 Å². The van der Waals surface area contributed by atoms with E-state index >= 15 is 0 Å². The largest absolute Gasteiger partial charge is 0.312 e. The molecular weight excluding hydrogens is 226 g/mol.